The number of benzene rings is 2. The molecule has 1 aromatic heterocycles. The van der Waals surface area contributed by atoms with E-state index in [4.69, 9.17) is 9.47 Å². The van der Waals surface area contributed by atoms with Gasteiger partial charge in [-0.25, -0.2) is 12.8 Å². The van der Waals surface area contributed by atoms with E-state index >= 15 is 0 Å². The molecule has 13 heteroatoms. The van der Waals surface area contributed by atoms with E-state index in [1.165, 1.54) is 17.9 Å². The summed E-state index contributed by atoms with van der Waals surface area (Å²) in [7, 11) is -3.08. The van der Waals surface area contributed by atoms with Gasteiger partial charge >= 0.3 is 12.1 Å². The van der Waals surface area contributed by atoms with Crippen LogP contribution in [-0.4, -0.2) is 42.1 Å². The number of fused-ring (bicyclic) bond motifs is 1. The molecule has 1 aliphatic carbocycles. The van der Waals surface area contributed by atoms with Gasteiger partial charge in [-0.15, -0.1) is 0 Å². The third kappa shape index (κ3) is 5.68. The molecule has 0 amide bonds. The zero-order valence-corrected chi connectivity index (χ0v) is 21.4. The van der Waals surface area contributed by atoms with Crippen molar-refractivity contribution in [3.63, 3.8) is 0 Å². The molecule has 0 fully saturated rings. The summed E-state index contributed by atoms with van der Waals surface area (Å²) < 4.78 is 94.5. The maximum atomic E-state index is 13.9. The van der Waals surface area contributed by atoms with Gasteiger partial charge in [0.2, 0.25) is 10.0 Å². The van der Waals surface area contributed by atoms with Gasteiger partial charge in [0, 0.05) is 18.3 Å². The third-order valence-corrected chi connectivity index (χ3v) is 8.09. The van der Waals surface area contributed by atoms with Crippen LogP contribution in [0.25, 0.3) is 0 Å². The molecule has 0 spiro atoms. The van der Waals surface area contributed by atoms with Gasteiger partial charge in [0.15, 0.2) is 0 Å². The predicted molar refractivity (Wildman–Crippen MR) is 127 cm³/mol. The van der Waals surface area contributed by atoms with Gasteiger partial charge in [0.05, 0.1) is 29.3 Å². The number of hydrogen-bond acceptors (Lipinski definition) is 6. The van der Waals surface area contributed by atoms with Crippen molar-refractivity contribution in [2.45, 2.75) is 49.8 Å². The number of aromatic nitrogens is 2. The summed E-state index contributed by atoms with van der Waals surface area (Å²) in [5, 5.41) is 4.22. The standard InChI is InChI=1S/C25H25F4N3O5S/c1-3-36-24(33)15-32-22-6-4-5-21(19(22)14-30-32)31(2)38(34,35)18-11-12-23(20(13-18)25(27,28)29)37-17-9-7-16(26)8-10-17/h7-14,21H,3-6,15H2,1-2H3/t21-/m1/s1. The highest BCUT2D eigenvalue weighted by Crippen LogP contribution is 2.41. The summed E-state index contributed by atoms with van der Waals surface area (Å²) in [6.07, 6.45) is -1.88. The van der Waals surface area contributed by atoms with Gasteiger partial charge in [-0.05, 0) is 68.7 Å². The fraction of sp³-hybridized carbons (Fsp3) is 0.360. The minimum absolute atomic E-state index is 0.0424. The van der Waals surface area contributed by atoms with Crippen molar-refractivity contribution in [1.29, 1.82) is 0 Å². The molecule has 8 nitrogen and oxygen atoms in total. The first kappa shape index (κ1) is 27.6. The van der Waals surface area contributed by atoms with Crippen LogP contribution in [0.1, 0.15) is 42.6 Å². The Kier molecular flexibility index (Phi) is 7.79. The SMILES string of the molecule is CCOC(=O)Cn1ncc2c1CCC[C@H]2N(C)S(=O)(=O)c1ccc(Oc2ccc(F)cc2)c(C(F)(F)F)c1. The molecule has 1 heterocycles. The summed E-state index contributed by atoms with van der Waals surface area (Å²) in [5.74, 6) is -1.73. The predicted octanol–water partition coefficient (Wildman–Crippen LogP) is 5.09. The van der Waals surface area contributed by atoms with Crippen LogP contribution in [-0.2, 0) is 38.7 Å². The van der Waals surface area contributed by atoms with Crippen molar-refractivity contribution in [2.75, 3.05) is 13.7 Å². The van der Waals surface area contributed by atoms with Crippen molar-refractivity contribution < 1.29 is 40.2 Å². The quantitative estimate of drug-likeness (QED) is 0.284. The molecule has 4 rings (SSSR count). The number of carbonyl (C=O) groups is 1. The maximum absolute atomic E-state index is 13.9. The lowest BCUT2D eigenvalue weighted by molar-refractivity contribution is -0.144. The first-order chi connectivity index (χ1) is 17.9. The first-order valence-corrected chi connectivity index (χ1v) is 13.2. The summed E-state index contributed by atoms with van der Waals surface area (Å²) >= 11 is 0. The highest BCUT2D eigenvalue weighted by molar-refractivity contribution is 7.89. The van der Waals surface area contributed by atoms with Gasteiger partial charge in [0.25, 0.3) is 0 Å². The Hall–Kier alpha value is -3.45. The lowest BCUT2D eigenvalue weighted by atomic mass is 9.93. The Labute approximate surface area is 216 Å². The van der Waals surface area contributed by atoms with Crippen LogP contribution < -0.4 is 4.74 Å². The highest BCUT2D eigenvalue weighted by atomic mass is 32.2. The molecule has 0 N–H and O–H groups in total. The van der Waals surface area contributed by atoms with E-state index < -0.39 is 50.2 Å². The Bertz CT molecular complexity index is 1420. The average Bonchev–Trinajstić information content (AvgIpc) is 3.27. The Morgan fingerprint density at radius 1 is 1.18 bits per heavy atom. The third-order valence-electron chi connectivity index (χ3n) is 6.23. The van der Waals surface area contributed by atoms with Gasteiger partial charge < -0.3 is 9.47 Å². The second-order valence-corrected chi connectivity index (χ2v) is 10.6. The number of esters is 1. The molecule has 0 radical (unpaired) electrons. The van der Waals surface area contributed by atoms with E-state index in [1.807, 2.05) is 0 Å². The molecule has 3 aromatic rings. The topological polar surface area (TPSA) is 90.7 Å². The zero-order chi connectivity index (χ0) is 27.7. The van der Waals surface area contributed by atoms with E-state index in [-0.39, 0.29) is 18.9 Å². The Morgan fingerprint density at radius 2 is 1.89 bits per heavy atom. The van der Waals surface area contributed by atoms with E-state index in [2.05, 4.69) is 5.10 Å². The van der Waals surface area contributed by atoms with E-state index in [9.17, 15) is 30.8 Å². The minimum atomic E-state index is -4.92. The number of nitrogens with zero attached hydrogens (tertiary/aromatic N) is 3. The molecule has 0 unspecified atom stereocenters. The number of hydrogen-bond donors (Lipinski definition) is 0. The average molecular weight is 556 g/mol. The second kappa shape index (κ2) is 10.7. The molecular formula is C25H25F4N3O5S. The molecule has 0 saturated carbocycles. The highest BCUT2D eigenvalue weighted by Gasteiger charge is 2.39. The van der Waals surface area contributed by atoms with Crippen LogP contribution in [0.4, 0.5) is 17.6 Å². The largest absolute Gasteiger partial charge is 0.465 e. The number of rotatable bonds is 8. The summed E-state index contributed by atoms with van der Waals surface area (Å²) in [6.45, 7) is 1.76. The fourth-order valence-corrected chi connectivity index (χ4v) is 5.77. The van der Waals surface area contributed by atoms with Crippen molar-refractivity contribution in [3.8, 4) is 11.5 Å². The monoisotopic (exact) mass is 555 g/mol. The van der Waals surface area contributed by atoms with Crippen LogP contribution in [0.3, 0.4) is 0 Å². The molecule has 1 aliphatic rings. The van der Waals surface area contributed by atoms with Crippen LogP contribution in [0.2, 0.25) is 0 Å². The van der Waals surface area contributed by atoms with Crippen LogP contribution >= 0.6 is 0 Å². The van der Waals surface area contributed by atoms with E-state index in [1.54, 1.807) is 6.92 Å². The normalized spacial score (nSPS) is 15.8. The number of alkyl halides is 3. The van der Waals surface area contributed by atoms with Gasteiger partial charge in [-0.3, -0.25) is 9.48 Å². The second-order valence-electron chi connectivity index (χ2n) is 8.65. The molecule has 1 atom stereocenters. The van der Waals surface area contributed by atoms with Crippen LogP contribution in [0.15, 0.2) is 53.6 Å². The van der Waals surface area contributed by atoms with Gasteiger partial charge in [-0.1, -0.05) is 0 Å². The van der Waals surface area contributed by atoms with E-state index in [0.29, 0.717) is 36.6 Å². The number of carbonyl (C=O) groups excluding carboxylic acids is 1. The number of sulfonamides is 1. The van der Waals surface area contributed by atoms with Crippen molar-refractivity contribution in [1.82, 2.24) is 14.1 Å². The van der Waals surface area contributed by atoms with Crippen LogP contribution in [0.5, 0.6) is 11.5 Å². The molecule has 204 valence electrons. The summed E-state index contributed by atoms with van der Waals surface area (Å²) in [4.78, 5) is 11.4. The first-order valence-electron chi connectivity index (χ1n) is 11.7. The molecule has 2 aromatic carbocycles. The smallest absolute Gasteiger partial charge is 0.420 e. The molecule has 0 aliphatic heterocycles. The summed E-state index contributed by atoms with van der Waals surface area (Å²) in [6, 6.07) is 6.19. The minimum Gasteiger partial charge on any atom is -0.465 e. The Balaban J connectivity index is 1.64. The molecular weight excluding hydrogens is 530 g/mol. The van der Waals surface area contributed by atoms with E-state index in [0.717, 1.165) is 40.7 Å². The number of halogens is 4. The lowest BCUT2D eigenvalue weighted by Crippen LogP contribution is -2.33. The fourth-order valence-electron chi connectivity index (χ4n) is 4.38. The lowest BCUT2D eigenvalue weighted by Gasteiger charge is -2.31. The number of ether oxygens (including phenoxy) is 2. The molecule has 0 saturated heterocycles. The zero-order valence-electron chi connectivity index (χ0n) is 20.5. The molecule has 38 heavy (non-hydrogen) atoms. The van der Waals surface area contributed by atoms with Crippen molar-refractivity contribution in [3.05, 3.63) is 71.3 Å². The van der Waals surface area contributed by atoms with Crippen molar-refractivity contribution in [2.24, 2.45) is 0 Å². The van der Waals surface area contributed by atoms with Crippen LogP contribution in [0, 0.1) is 5.82 Å². The summed E-state index contributed by atoms with van der Waals surface area (Å²) in [5.41, 5.74) is -0.0304. The Morgan fingerprint density at radius 3 is 2.55 bits per heavy atom. The van der Waals surface area contributed by atoms with Gasteiger partial charge in [-0.2, -0.15) is 22.6 Å². The molecule has 0 bridgehead atoms. The van der Waals surface area contributed by atoms with Crippen molar-refractivity contribution >= 4 is 16.0 Å². The van der Waals surface area contributed by atoms with Gasteiger partial charge in [0.1, 0.15) is 23.9 Å². The maximum Gasteiger partial charge on any atom is 0.420 e.